The zero-order valence-electron chi connectivity index (χ0n) is 39.5. The van der Waals surface area contributed by atoms with Gasteiger partial charge in [0, 0.05) is 13.1 Å². The van der Waals surface area contributed by atoms with Crippen molar-refractivity contribution in [2.75, 3.05) is 53.6 Å². The van der Waals surface area contributed by atoms with Gasteiger partial charge in [0.05, 0.1) is 37.4 Å². The number of likely N-dealkylation sites (N-methyl/N-ethyl adjacent to an activating group) is 2. The van der Waals surface area contributed by atoms with E-state index >= 15 is 0 Å². The van der Waals surface area contributed by atoms with Crippen molar-refractivity contribution < 1.29 is 38.2 Å². The smallest absolute Gasteiger partial charge is 0.248 e. The molecule has 2 aromatic rings. The van der Waals surface area contributed by atoms with Gasteiger partial charge in [-0.25, -0.2) is 0 Å². The van der Waals surface area contributed by atoms with E-state index in [1.807, 2.05) is 36.4 Å². The van der Waals surface area contributed by atoms with E-state index in [0.29, 0.717) is 38.8 Å². The van der Waals surface area contributed by atoms with Crippen LogP contribution in [0.3, 0.4) is 0 Å². The maximum atomic E-state index is 14.0. The first-order valence-electron chi connectivity index (χ1n) is 23.4. The van der Waals surface area contributed by atoms with Crippen molar-refractivity contribution in [1.82, 2.24) is 41.7 Å². The maximum absolute atomic E-state index is 14.0. The van der Waals surface area contributed by atoms with Crippen LogP contribution in [0.4, 0.5) is 0 Å². The van der Waals surface area contributed by atoms with Gasteiger partial charge in [0.25, 0.3) is 0 Å². The van der Waals surface area contributed by atoms with E-state index in [-0.39, 0.29) is 87.0 Å². The van der Waals surface area contributed by atoms with Gasteiger partial charge >= 0.3 is 0 Å². The van der Waals surface area contributed by atoms with E-state index in [9.17, 15) is 28.8 Å². The Bertz CT molecular complexity index is 2040. The summed E-state index contributed by atoms with van der Waals surface area (Å²) in [6.45, 7) is 3.60. The molecule has 0 bridgehead atoms. The van der Waals surface area contributed by atoms with Crippen LogP contribution in [0.25, 0.3) is 0 Å². The quantitative estimate of drug-likeness (QED) is 0.0954. The molecule has 8 atom stereocenters. The van der Waals surface area contributed by atoms with Crippen molar-refractivity contribution in [3.8, 4) is 23.7 Å². The molecule has 6 amide bonds. The monoisotopic (exact) mass is 978 g/mol. The number of rotatable bonds is 18. The van der Waals surface area contributed by atoms with Crippen molar-refractivity contribution in [3.63, 3.8) is 0 Å². The summed E-state index contributed by atoms with van der Waals surface area (Å²) in [4.78, 5) is 84.3. The Morgan fingerprint density at radius 1 is 0.603 bits per heavy atom. The van der Waals surface area contributed by atoms with Crippen LogP contribution in [-0.4, -0.2) is 135 Å². The average Bonchev–Trinajstić information content (AvgIpc) is 4.05. The lowest BCUT2D eigenvalue weighted by Gasteiger charge is -2.31. The van der Waals surface area contributed by atoms with Gasteiger partial charge in [0.15, 0.2) is 0 Å². The Morgan fingerprint density at radius 2 is 1.00 bits per heavy atom. The number of amides is 6. The molecule has 0 spiro atoms. The minimum atomic E-state index is -1.05. The summed E-state index contributed by atoms with van der Waals surface area (Å²) < 4.78 is 11.5. The van der Waals surface area contributed by atoms with Crippen molar-refractivity contribution in [2.45, 2.75) is 126 Å². The molecular formula is C50H68Cl2N8O8. The Balaban J connectivity index is 0.00000504. The molecule has 6 rings (SSSR count). The number of likely N-dealkylation sites (tertiary alicyclic amines) is 2. The molecular weight excluding hydrogens is 912 g/mol. The Morgan fingerprint density at radius 3 is 1.40 bits per heavy atom. The van der Waals surface area contributed by atoms with Crippen LogP contribution in [0.15, 0.2) is 48.5 Å². The van der Waals surface area contributed by atoms with Crippen molar-refractivity contribution in [3.05, 3.63) is 70.8 Å². The molecule has 4 aliphatic rings. The molecule has 16 nitrogen and oxygen atoms in total. The summed E-state index contributed by atoms with van der Waals surface area (Å²) in [5.41, 5.74) is 4.68. The minimum Gasteiger partial charge on any atom is -0.366 e. The summed E-state index contributed by atoms with van der Waals surface area (Å²) in [5, 5.41) is 17.7. The van der Waals surface area contributed by atoms with Crippen LogP contribution < -0.4 is 31.9 Å². The second-order valence-electron chi connectivity index (χ2n) is 17.5. The number of aryl methyl sites for hydroxylation is 2. The third kappa shape index (κ3) is 14.7. The molecule has 68 heavy (non-hydrogen) atoms. The van der Waals surface area contributed by atoms with Crippen molar-refractivity contribution >= 4 is 60.3 Å². The first kappa shape index (κ1) is 55.4. The SMILES string of the molecule is CN[C@@H](C)C(=O)NC(COCC#CC#CCOC[C@H](NC(=O)[C@H](C)NC)C(=O)N1CCCC1C(=O)N[C@@H]1CCCc2ccccc21)C(=O)N1CCC[C@H]1C(=O)N[C@@H]1CCCc2ccccc21.Cl.Cl. The Kier molecular flexibility index (Phi) is 22.6. The zero-order chi connectivity index (χ0) is 47.0. The highest BCUT2D eigenvalue weighted by molar-refractivity contribution is 5.95. The van der Waals surface area contributed by atoms with Crippen LogP contribution in [0.5, 0.6) is 0 Å². The van der Waals surface area contributed by atoms with Gasteiger partial charge in [-0.2, -0.15) is 0 Å². The molecule has 2 aromatic carbocycles. The van der Waals surface area contributed by atoms with Gasteiger partial charge in [-0.05, 0) is 126 Å². The molecule has 2 fully saturated rings. The summed E-state index contributed by atoms with van der Waals surface area (Å²) in [6, 6.07) is 11.4. The molecule has 2 saturated heterocycles. The molecule has 2 aliphatic carbocycles. The highest BCUT2D eigenvalue weighted by atomic mass is 35.5. The van der Waals surface area contributed by atoms with Gasteiger partial charge in [-0.1, -0.05) is 60.4 Å². The first-order valence-corrected chi connectivity index (χ1v) is 23.4. The van der Waals surface area contributed by atoms with Gasteiger partial charge in [0.1, 0.15) is 37.4 Å². The number of carbonyl (C=O) groups is 6. The van der Waals surface area contributed by atoms with Gasteiger partial charge in [-0.15, -0.1) is 24.8 Å². The number of nitrogens with one attached hydrogen (secondary N) is 6. The molecule has 2 unspecified atom stereocenters. The molecule has 18 heteroatoms. The van der Waals surface area contributed by atoms with Crippen LogP contribution >= 0.6 is 24.8 Å². The predicted molar refractivity (Wildman–Crippen MR) is 263 cm³/mol. The molecule has 0 aromatic heterocycles. The average molecular weight is 980 g/mol. The third-order valence-corrected chi connectivity index (χ3v) is 13.1. The van der Waals surface area contributed by atoms with E-state index in [0.717, 1.165) is 49.7 Å². The predicted octanol–water partition coefficient (Wildman–Crippen LogP) is 2.43. The highest BCUT2D eigenvalue weighted by Gasteiger charge is 2.41. The van der Waals surface area contributed by atoms with Crippen molar-refractivity contribution in [1.29, 1.82) is 0 Å². The highest BCUT2D eigenvalue weighted by Crippen LogP contribution is 2.32. The normalized spacial score (nSPS) is 20.9. The van der Waals surface area contributed by atoms with E-state index in [2.05, 4.69) is 67.7 Å². The van der Waals surface area contributed by atoms with E-state index in [1.54, 1.807) is 37.7 Å². The number of nitrogens with zero attached hydrogens (tertiary/aromatic N) is 2. The number of benzene rings is 2. The lowest BCUT2D eigenvalue weighted by Crippen LogP contribution is -2.57. The van der Waals surface area contributed by atoms with Crippen LogP contribution in [-0.2, 0) is 51.1 Å². The molecule has 2 heterocycles. The van der Waals surface area contributed by atoms with Gasteiger partial charge in [0.2, 0.25) is 35.4 Å². The molecule has 370 valence electrons. The summed E-state index contributed by atoms with van der Waals surface area (Å²) >= 11 is 0. The van der Waals surface area contributed by atoms with Gasteiger partial charge < -0.3 is 51.2 Å². The fourth-order valence-corrected chi connectivity index (χ4v) is 9.17. The lowest BCUT2D eigenvalue weighted by molar-refractivity contribution is -0.143. The summed E-state index contributed by atoms with van der Waals surface area (Å²) in [7, 11) is 3.29. The summed E-state index contributed by atoms with van der Waals surface area (Å²) in [6.07, 6.45) is 7.87. The van der Waals surface area contributed by atoms with E-state index in [1.165, 1.54) is 11.1 Å². The van der Waals surface area contributed by atoms with E-state index < -0.39 is 48.1 Å². The first-order chi connectivity index (χ1) is 32.0. The second-order valence-corrected chi connectivity index (χ2v) is 17.5. The zero-order valence-corrected chi connectivity index (χ0v) is 41.2. The maximum Gasteiger partial charge on any atom is 0.248 e. The van der Waals surface area contributed by atoms with E-state index in [4.69, 9.17) is 9.47 Å². The van der Waals surface area contributed by atoms with Crippen LogP contribution in [0.1, 0.15) is 99.6 Å². The fourth-order valence-electron chi connectivity index (χ4n) is 9.17. The minimum absolute atomic E-state index is 0. The third-order valence-electron chi connectivity index (χ3n) is 13.1. The Hall–Kier alpha value is -5.20. The second kappa shape index (κ2) is 27.7. The topological polar surface area (TPSA) is 200 Å². The molecule has 0 radical (unpaired) electrons. The standard InChI is InChI=1S/C50H66N8O8.2ClH/c1-33(51-3)45(59)55-41(49(63)57-27-15-25-43(57)47(61)53-39-23-13-19-35-17-7-9-21-37(35)39)31-65-29-11-5-6-12-30-66-32-42(56-46(60)34(2)52-4)50(64)58-28-16-26-44(58)48(62)54-40-24-14-20-36-18-8-10-22-38(36)40;;/h7-10,17-18,21-22,33-34,39-44,51-52H,13-16,19-20,23-32H2,1-4H3,(H,53,61)(H,54,62)(H,55,59)(H,56,60);2*1H/t33-,34-,39+,40+,41-,42?,43?,44-;;/m0../s1. The fraction of sp³-hybridized carbons (Fsp3) is 0.560. The molecule has 0 saturated carbocycles. The van der Waals surface area contributed by atoms with Crippen LogP contribution in [0, 0.1) is 23.7 Å². The van der Waals surface area contributed by atoms with Gasteiger partial charge in [-0.3, -0.25) is 28.8 Å². The molecule has 2 aliphatic heterocycles. The molecule has 6 N–H and O–H groups in total. The number of halogens is 2. The number of hydrogen-bond acceptors (Lipinski definition) is 10. The number of carbonyl (C=O) groups excluding carboxylic acids is 6. The summed E-state index contributed by atoms with van der Waals surface area (Å²) in [5.74, 6) is 8.96. The Labute approximate surface area is 413 Å². The van der Waals surface area contributed by atoms with Crippen molar-refractivity contribution in [2.24, 2.45) is 0 Å². The largest absolute Gasteiger partial charge is 0.366 e. The number of hydrogen-bond donors (Lipinski definition) is 6. The van der Waals surface area contributed by atoms with Crippen LogP contribution in [0.2, 0.25) is 0 Å². The lowest BCUT2D eigenvalue weighted by atomic mass is 9.87. The number of ether oxygens (including phenoxy) is 2. The number of fused-ring (bicyclic) bond motifs is 2.